The minimum atomic E-state index is -0.705. The molecule has 1 amide bonds. The molecule has 1 saturated heterocycles. The van der Waals surface area contributed by atoms with Crippen LogP contribution < -0.4 is 5.73 Å². The SMILES string of the molecule is CCC(N)(CC)C(=O)N(C)CC1CCCCO1. The highest BCUT2D eigenvalue weighted by Crippen LogP contribution is 2.17. The first-order valence-corrected chi connectivity index (χ1v) is 6.69. The fraction of sp³-hybridized carbons (Fsp3) is 0.923. The molecular formula is C13H26N2O2. The first kappa shape index (κ1) is 14.5. The van der Waals surface area contributed by atoms with Gasteiger partial charge in [-0.25, -0.2) is 0 Å². The lowest BCUT2D eigenvalue weighted by atomic mass is 9.92. The molecule has 1 unspecified atom stereocenters. The summed E-state index contributed by atoms with van der Waals surface area (Å²) in [5.74, 6) is 0.0386. The van der Waals surface area contributed by atoms with E-state index in [2.05, 4.69) is 0 Å². The van der Waals surface area contributed by atoms with Crippen LogP contribution in [0.1, 0.15) is 46.0 Å². The summed E-state index contributed by atoms with van der Waals surface area (Å²) in [5.41, 5.74) is 5.41. The molecule has 100 valence electrons. The zero-order valence-electron chi connectivity index (χ0n) is 11.4. The summed E-state index contributed by atoms with van der Waals surface area (Å²) in [5, 5.41) is 0. The van der Waals surface area contributed by atoms with Gasteiger partial charge in [-0.05, 0) is 32.1 Å². The van der Waals surface area contributed by atoms with Crippen molar-refractivity contribution in [1.29, 1.82) is 0 Å². The fourth-order valence-electron chi connectivity index (χ4n) is 2.27. The maximum absolute atomic E-state index is 12.2. The monoisotopic (exact) mass is 242 g/mol. The topological polar surface area (TPSA) is 55.6 Å². The van der Waals surface area contributed by atoms with Gasteiger partial charge in [0.1, 0.15) is 0 Å². The van der Waals surface area contributed by atoms with E-state index >= 15 is 0 Å². The molecule has 1 rings (SSSR count). The highest BCUT2D eigenvalue weighted by atomic mass is 16.5. The van der Waals surface area contributed by atoms with Crippen molar-refractivity contribution in [3.8, 4) is 0 Å². The lowest BCUT2D eigenvalue weighted by Gasteiger charge is -2.33. The van der Waals surface area contributed by atoms with Crippen molar-refractivity contribution in [3.05, 3.63) is 0 Å². The molecule has 1 heterocycles. The Morgan fingerprint density at radius 2 is 2.06 bits per heavy atom. The third-order valence-electron chi connectivity index (χ3n) is 3.79. The number of nitrogens with two attached hydrogens (primary N) is 1. The molecule has 0 bridgehead atoms. The van der Waals surface area contributed by atoms with Crippen LogP contribution in [0, 0.1) is 0 Å². The molecular weight excluding hydrogens is 216 g/mol. The van der Waals surface area contributed by atoms with Gasteiger partial charge in [-0.15, -0.1) is 0 Å². The molecule has 17 heavy (non-hydrogen) atoms. The van der Waals surface area contributed by atoms with Crippen LogP contribution in [0.2, 0.25) is 0 Å². The normalized spacial score (nSPS) is 21.3. The summed E-state index contributed by atoms with van der Waals surface area (Å²) in [6.45, 7) is 5.42. The number of nitrogens with zero attached hydrogens (tertiary/aromatic N) is 1. The summed E-state index contributed by atoms with van der Waals surface area (Å²) < 4.78 is 5.64. The van der Waals surface area contributed by atoms with Crippen LogP contribution >= 0.6 is 0 Å². The van der Waals surface area contributed by atoms with Crippen LogP contribution in [-0.4, -0.2) is 42.6 Å². The van der Waals surface area contributed by atoms with Crippen molar-refractivity contribution >= 4 is 5.91 Å². The fourth-order valence-corrected chi connectivity index (χ4v) is 2.27. The van der Waals surface area contributed by atoms with Gasteiger partial charge in [0.05, 0.1) is 11.6 Å². The van der Waals surface area contributed by atoms with Gasteiger partial charge in [-0.2, -0.15) is 0 Å². The van der Waals surface area contributed by atoms with E-state index < -0.39 is 5.54 Å². The quantitative estimate of drug-likeness (QED) is 0.795. The lowest BCUT2D eigenvalue weighted by Crippen LogP contribution is -2.55. The number of amides is 1. The van der Waals surface area contributed by atoms with E-state index in [-0.39, 0.29) is 12.0 Å². The third-order valence-corrected chi connectivity index (χ3v) is 3.79. The van der Waals surface area contributed by atoms with Crippen molar-refractivity contribution in [1.82, 2.24) is 4.90 Å². The minimum absolute atomic E-state index is 0.0386. The predicted molar refractivity (Wildman–Crippen MR) is 68.7 cm³/mol. The number of carbonyl (C=O) groups is 1. The Kier molecular flexibility index (Phi) is 5.40. The lowest BCUT2D eigenvalue weighted by molar-refractivity contribution is -0.138. The second-order valence-electron chi connectivity index (χ2n) is 5.04. The van der Waals surface area contributed by atoms with Crippen molar-refractivity contribution in [2.45, 2.75) is 57.6 Å². The van der Waals surface area contributed by atoms with Crippen molar-refractivity contribution in [2.75, 3.05) is 20.2 Å². The Morgan fingerprint density at radius 1 is 1.41 bits per heavy atom. The summed E-state index contributed by atoms with van der Waals surface area (Å²) in [6.07, 6.45) is 4.93. The molecule has 0 aromatic carbocycles. The van der Waals surface area contributed by atoms with Gasteiger partial charge in [0.25, 0.3) is 0 Å². The van der Waals surface area contributed by atoms with Gasteiger partial charge in [-0.1, -0.05) is 13.8 Å². The van der Waals surface area contributed by atoms with Crippen LogP contribution in [0.4, 0.5) is 0 Å². The molecule has 1 aliphatic rings. The van der Waals surface area contributed by atoms with Gasteiger partial charge in [0.2, 0.25) is 5.91 Å². The van der Waals surface area contributed by atoms with Gasteiger partial charge in [0, 0.05) is 20.2 Å². The van der Waals surface area contributed by atoms with Crippen LogP contribution in [-0.2, 0) is 9.53 Å². The Bertz CT molecular complexity index is 246. The largest absolute Gasteiger partial charge is 0.376 e. The highest BCUT2D eigenvalue weighted by Gasteiger charge is 2.33. The Balaban J connectivity index is 2.50. The molecule has 0 aromatic heterocycles. The number of likely N-dealkylation sites (N-methyl/N-ethyl adjacent to an activating group) is 1. The van der Waals surface area contributed by atoms with Crippen LogP contribution in [0.25, 0.3) is 0 Å². The second-order valence-corrected chi connectivity index (χ2v) is 5.04. The Morgan fingerprint density at radius 3 is 2.53 bits per heavy atom. The van der Waals surface area contributed by atoms with E-state index in [1.54, 1.807) is 4.90 Å². The molecule has 1 atom stereocenters. The highest BCUT2D eigenvalue weighted by molar-refractivity contribution is 5.85. The molecule has 1 aliphatic heterocycles. The van der Waals surface area contributed by atoms with Crippen LogP contribution in [0.5, 0.6) is 0 Å². The number of ether oxygens (including phenoxy) is 1. The number of carbonyl (C=O) groups excluding carboxylic acids is 1. The van der Waals surface area contributed by atoms with Gasteiger partial charge in [-0.3, -0.25) is 4.79 Å². The maximum atomic E-state index is 12.2. The summed E-state index contributed by atoms with van der Waals surface area (Å²) >= 11 is 0. The molecule has 0 aliphatic carbocycles. The molecule has 0 radical (unpaired) electrons. The number of rotatable bonds is 5. The molecule has 4 heteroatoms. The molecule has 0 saturated carbocycles. The van der Waals surface area contributed by atoms with E-state index in [1.807, 2.05) is 20.9 Å². The minimum Gasteiger partial charge on any atom is -0.376 e. The average molecular weight is 242 g/mol. The molecule has 4 nitrogen and oxygen atoms in total. The summed E-state index contributed by atoms with van der Waals surface area (Å²) in [6, 6.07) is 0. The summed E-state index contributed by atoms with van der Waals surface area (Å²) in [4.78, 5) is 14.0. The van der Waals surface area contributed by atoms with Crippen molar-refractivity contribution in [3.63, 3.8) is 0 Å². The van der Waals surface area contributed by atoms with Crippen LogP contribution in [0.15, 0.2) is 0 Å². The zero-order chi connectivity index (χ0) is 12.9. The van der Waals surface area contributed by atoms with E-state index in [0.29, 0.717) is 19.4 Å². The molecule has 0 aromatic rings. The van der Waals surface area contributed by atoms with E-state index in [0.717, 1.165) is 19.4 Å². The van der Waals surface area contributed by atoms with E-state index in [4.69, 9.17) is 10.5 Å². The number of hydrogen-bond donors (Lipinski definition) is 1. The second kappa shape index (κ2) is 6.36. The van der Waals surface area contributed by atoms with E-state index in [9.17, 15) is 4.79 Å². The molecule has 0 spiro atoms. The first-order valence-electron chi connectivity index (χ1n) is 6.69. The molecule has 2 N–H and O–H groups in total. The van der Waals surface area contributed by atoms with Gasteiger partial charge < -0.3 is 15.4 Å². The van der Waals surface area contributed by atoms with Crippen LogP contribution in [0.3, 0.4) is 0 Å². The van der Waals surface area contributed by atoms with Gasteiger partial charge in [0.15, 0.2) is 0 Å². The van der Waals surface area contributed by atoms with E-state index in [1.165, 1.54) is 6.42 Å². The number of hydrogen-bond acceptors (Lipinski definition) is 3. The van der Waals surface area contributed by atoms with Gasteiger partial charge >= 0.3 is 0 Å². The Labute approximate surface area is 104 Å². The van der Waals surface area contributed by atoms with Crippen molar-refractivity contribution < 1.29 is 9.53 Å². The predicted octanol–water partition coefficient (Wildman–Crippen LogP) is 1.53. The summed E-state index contributed by atoms with van der Waals surface area (Å²) in [7, 11) is 1.83. The Hall–Kier alpha value is -0.610. The first-order chi connectivity index (χ1) is 8.03. The molecule has 1 fully saturated rings. The zero-order valence-corrected chi connectivity index (χ0v) is 11.4. The third kappa shape index (κ3) is 3.68. The standard InChI is InChI=1S/C13H26N2O2/c1-4-13(14,5-2)12(16)15(3)10-11-8-6-7-9-17-11/h11H,4-10,14H2,1-3H3. The average Bonchev–Trinajstić information content (AvgIpc) is 2.38. The van der Waals surface area contributed by atoms with Crippen molar-refractivity contribution in [2.24, 2.45) is 5.73 Å². The smallest absolute Gasteiger partial charge is 0.242 e. The maximum Gasteiger partial charge on any atom is 0.242 e.